The molecule has 144 valence electrons. The molecular formula is C21H27N3O2S. The summed E-state index contributed by atoms with van der Waals surface area (Å²) < 4.78 is 1.82. The van der Waals surface area contributed by atoms with E-state index in [0.29, 0.717) is 27.9 Å². The minimum atomic E-state index is 0.0256. The summed E-state index contributed by atoms with van der Waals surface area (Å²) in [5.74, 6) is 0.515. The maximum atomic E-state index is 12.9. The summed E-state index contributed by atoms with van der Waals surface area (Å²) in [6.45, 7) is 2.82. The first kappa shape index (κ1) is 18.5. The van der Waals surface area contributed by atoms with E-state index < -0.39 is 0 Å². The highest BCUT2D eigenvalue weighted by molar-refractivity contribution is 7.99. The SMILES string of the molecule is CCN(C(=O)CSc1nc2ccccc2c(=O)n1C1CC1)C1CCCCC1. The number of amides is 1. The van der Waals surface area contributed by atoms with Crippen LogP contribution in [0.1, 0.15) is 57.9 Å². The van der Waals surface area contributed by atoms with E-state index >= 15 is 0 Å². The van der Waals surface area contributed by atoms with Gasteiger partial charge in [0.15, 0.2) is 5.16 Å². The first-order valence-corrected chi connectivity index (χ1v) is 11.1. The third-order valence-corrected chi connectivity index (χ3v) is 6.63. The monoisotopic (exact) mass is 385 g/mol. The Bertz CT molecular complexity index is 885. The topological polar surface area (TPSA) is 55.2 Å². The molecule has 2 aliphatic carbocycles. The number of para-hydroxylation sites is 1. The van der Waals surface area contributed by atoms with Gasteiger partial charge in [-0.3, -0.25) is 14.2 Å². The van der Waals surface area contributed by atoms with Gasteiger partial charge in [-0.05, 0) is 44.7 Å². The fourth-order valence-corrected chi connectivity index (χ4v) is 5.07. The van der Waals surface area contributed by atoms with Crippen molar-refractivity contribution >= 4 is 28.6 Å². The van der Waals surface area contributed by atoms with Crippen LogP contribution >= 0.6 is 11.8 Å². The lowest BCUT2D eigenvalue weighted by Gasteiger charge is -2.33. The second kappa shape index (κ2) is 8.05. The zero-order valence-electron chi connectivity index (χ0n) is 15.9. The molecule has 27 heavy (non-hydrogen) atoms. The van der Waals surface area contributed by atoms with E-state index in [1.165, 1.54) is 31.0 Å². The maximum Gasteiger partial charge on any atom is 0.262 e. The van der Waals surface area contributed by atoms with Gasteiger partial charge in [-0.25, -0.2) is 4.98 Å². The predicted molar refractivity (Wildman–Crippen MR) is 109 cm³/mol. The molecule has 0 N–H and O–H groups in total. The standard InChI is InChI=1S/C21H27N3O2S/c1-2-23(15-8-4-3-5-9-15)19(25)14-27-21-22-18-11-7-6-10-17(18)20(26)24(21)16-12-13-16/h6-7,10-11,15-16H,2-5,8-9,12-14H2,1H3. The number of aromatic nitrogens is 2. The van der Waals surface area contributed by atoms with Crippen molar-refractivity contribution in [3.63, 3.8) is 0 Å². The highest BCUT2D eigenvalue weighted by Gasteiger charge is 2.29. The largest absolute Gasteiger partial charge is 0.339 e. The average Bonchev–Trinajstić information content (AvgIpc) is 3.53. The van der Waals surface area contributed by atoms with Crippen molar-refractivity contribution in [1.29, 1.82) is 0 Å². The highest BCUT2D eigenvalue weighted by Crippen LogP contribution is 2.37. The molecular weight excluding hydrogens is 358 g/mol. The minimum Gasteiger partial charge on any atom is -0.339 e. The molecule has 5 nitrogen and oxygen atoms in total. The summed E-state index contributed by atoms with van der Waals surface area (Å²) in [7, 11) is 0. The molecule has 1 aromatic heterocycles. The van der Waals surface area contributed by atoms with Gasteiger partial charge in [-0.15, -0.1) is 0 Å². The van der Waals surface area contributed by atoms with Crippen LogP contribution in [0.3, 0.4) is 0 Å². The molecule has 4 rings (SSSR count). The Hall–Kier alpha value is -1.82. The Morgan fingerprint density at radius 2 is 1.93 bits per heavy atom. The maximum absolute atomic E-state index is 12.9. The Morgan fingerprint density at radius 1 is 1.19 bits per heavy atom. The van der Waals surface area contributed by atoms with Gasteiger partial charge in [0.2, 0.25) is 5.91 Å². The van der Waals surface area contributed by atoms with Gasteiger partial charge in [-0.1, -0.05) is 43.2 Å². The van der Waals surface area contributed by atoms with Crippen molar-refractivity contribution in [1.82, 2.24) is 14.5 Å². The van der Waals surface area contributed by atoms with Crippen molar-refractivity contribution in [2.75, 3.05) is 12.3 Å². The number of carbonyl (C=O) groups excluding carboxylic acids is 1. The van der Waals surface area contributed by atoms with Crippen molar-refractivity contribution in [3.8, 4) is 0 Å². The normalized spacial score (nSPS) is 18.0. The fraction of sp³-hybridized carbons (Fsp3) is 0.571. The molecule has 0 radical (unpaired) electrons. The molecule has 2 fully saturated rings. The van der Waals surface area contributed by atoms with Crippen molar-refractivity contribution in [3.05, 3.63) is 34.6 Å². The fourth-order valence-electron chi connectivity index (χ4n) is 4.12. The van der Waals surface area contributed by atoms with Crippen LogP contribution in [0.5, 0.6) is 0 Å². The summed E-state index contributed by atoms with van der Waals surface area (Å²) in [6, 6.07) is 8.12. The van der Waals surface area contributed by atoms with Crippen LogP contribution in [0.15, 0.2) is 34.2 Å². The van der Waals surface area contributed by atoms with Crippen molar-refractivity contribution in [2.24, 2.45) is 0 Å². The average molecular weight is 386 g/mol. The van der Waals surface area contributed by atoms with Gasteiger partial charge in [0.05, 0.1) is 16.7 Å². The van der Waals surface area contributed by atoms with E-state index in [1.807, 2.05) is 33.7 Å². The number of benzene rings is 1. The number of hydrogen-bond acceptors (Lipinski definition) is 4. The first-order valence-electron chi connectivity index (χ1n) is 10.1. The first-order chi connectivity index (χ1) is 13.2. The molecule has 6 heteroatoms. The number of hydrogen-bond donors (Lipinski definition) is 0. The molecule has 0 unspecified atom stereocenters. The van der Waals surface area contributed by atoms with E-state index in [-0.39, 0.29) is 17.5 Å². The van der Waals surface area contributed by atoms with Crippen LogP contribution in [0, 0.1) is 0 Å². The molecule has 1 heterocycles. The molecule has 2 saturated carbocycles. The zero-order chi connectivity index (χ0) is 18.8. The summed E-state index contributed by atoms with van der Waals surface area (Å²) >= 11 is 1.42. The van der Waals surface area contributed by atoms with Crippen molar-refractivity contribution < 1.29 is 4.79 Å². The highest BCUT2D eigenvalue weighted by atomic mass is 32.2. The minimum absolute atomic E-state index is 0.0256. The van der Waals surface area contributed by atoms with Gasteiger partial charge in [0, 0.05) is 18.6 Å². The van der Waals surface area contributed by atoms with E-state index in [4.69, 9.17) is 4.98 Å². The quantitative estimate of drug-likeness (QED) is 0.557. The predicted octanol–water partition coefficient (Wildman–Crippen LogP) is 4.00. The van der Waals surface area contributed by atoms with Crippen LogP contribution in [-0.4, -0.2) is 38.7 Å². The molecule has 2 aliphatic rings. The third kappa shape index (κ3) is 3.91. The smallest absolute Gasteiger partial charge is 0.262 e. The van der Waals surface area contributed by atoms with Gasteiger partial charge in [-0.2, -0.15) is 0 Å². The van der Waals surface area contributed by atoms with Crippen LogP contribution in [0.2, 0.25) is 0 Å². The number of thioether (sulfide) groups is 1. The van der Waals surface area contributed by atoms with Crippen LogP contribution in [0.25, 0.3) is 10.9 Å². The van der Waals surface area contributed by atoms with Crippen LogP contribution in [0.4, 0.5) is 0 Å². The summed E-state index contributed by atoms with van der Waals surface area (Å²) in [6.07, 6.45) is 7.99. The van der Waals surface area contributed by atoms with Gasteiger partial charge in [0.25, 0.3) is 5.56 Å². The molecule has 0 spiro atoms. The van der Waals surface area contributed by atoms with E-state index in [9.17, 15) is 9.59 Å². The van der Waals surface area contributed by atoms with Gasteiger partial charge >= 0.3 is 0 Å². The van der Waals surface area contributed by atoms with Crippen molar-refractivity contribution in [2.45, 2.75) is 69.1 Å². The molecule has 0 saturated heterocycles. The third-order valence-electron chi connectivity index (χ3n) is 5.69. The van der Waals surface area contributed by atoms with Crippen LogP contribution < -0.4 is 5.56 Å². The number of fused-ring (bicyclic) bond motifs is 1. The molecule has 1 amide bonds. The van der Waals surface area contributed by atoms with Gasteiger partial charge < -0.3 is 4.90 Å². The summed E-state index contributed by atoms with van der Waals surface area (Å²) in [5.41, 5.74) is 0.742. The Labute approximate surface area is 164 Å². The van der Waals surface area contributed by atoms with E-state index in [1.54, 1.807) is 0 Å². The number of nitrogens with zero attached hydrogens (tertiary/aromatic N) is 3. The Morgan fingerprint density at radius 3 is 2.63 bits per heavy atom. The number of rotatable bonds is 6. The van der Waals surface area contributed by atoms with Gasteiger partial charge in [0.1, 0.15) is 0 Å². The lowest BCUT2D eigenvalue weighted by molar-refractivity contribution is -0.131. The zero-order valence-corrected chi connectivity index (χ0v) is 16.7. The van der Waals surface area contributed by atoms with E-state index in [2.05, 4.69) is 6.92 Å². The second-order valence-electron chi connectivity index (χ2n) is 7.58. The molecule has 0 aliphatic heterocycles. The molecule has 2 aromatic rings. The van der Waals surface area contributed by atoms with E-state index in [0.717, 1.165) is 32.2 Å². The second-order valence-corrected chi connectivity index (χ2v) is 8.52. The van der Waals surface area contributed by atoms with Crippen LogP contribution in [-0.2, 0) is 4.79 Å². The molecule has 0 bridgehead atoms. The summed E-state index contributed by atoms with van der Waals surface area (Å²) in [5, 5.41) is 1.35. The number of carbonyl (C=O) groups is 1. The molecule has 0 atom stereocenters. The lowest BCUT2D eigenvalue weighted by Crippen LogP contribution is -2.42. The molecule has 1 aromatic carbocycles. The lowest BCUT2D eigenvalue weighted by atomic mass is 9.94. The Balaban J connectivity index is 1.55. The Kier molecular flexibility index (Phi) is 5.53. The summed E-state index contributed by atoms with van der Waals surface area (Å²) in [4.78, 5) is 32.6.